The molecule has 0 amide bonds. The lowest BCUT2D eigenvalue weighted by atomic mass is 10.1. The highest BCUT2D eigenvalue weighted by Gasteiger charge is 2.07. The van der Waals surface area contributed by atoms with Crippen LogP contribution in [0.2, 0.25) is 0 Å². The van der Waals surface area contributed by atoms with Gasteiger partial charge >= 0.3 is 0 Å². The van der Waals surface area contributed by atoms with Gasteiger partial charge in [-0.1, -0.05) is 12.1 Å². The molecule has 4 heteroatoms. The summed E-state index contributed by atoms with van der Waals surface area (Å²) in [5.41, 5.74) is 3.04. The molecule has 0 aliphatic heterocycles. The Balaban J connectivity index is 1.91. The first kappa shape index (κ1) is 14.6. The molecule has 4 nitrogen and oxygen atoms in total. The van der Waals surface area contributed by atoms with Gasteiger partial charge in [0.2, 0.25) is 0 Å². The van der Waals surface area contributed by atoms with Gasteiger partial charge in [0.25, 0.3) is 0 Å². The number of pyridine rings is 2. The Morgan fingerprint density at radius 1 is 1.05 bits per heavy atom. The summed E-state index contributed by atoms with van der Waals surface area (Å²) < 4.78 is 11.1. The number of hydrogen-bond acceptors (Lipinski definition) is 4. The minimum Gasteiger partial charge on any atom is -0.377 e. The van der Waals surface area contributed by atoms with E-state index in [2.05, 4.69) is 9.97 Å². The lowest BCUT2D eigenvalue weighted by molar-refractivity contribution is 0.0502. The van der Waals surface area contributed by atoms with E-state index in [-0.39, 0.29) is 12.2 Å². The van der Waals surface area contributed by atoms with Crippen LogP contribution in [0.15, 0.2) is 42.9 Å². The minimum atomic E-state index is 0.00285. The fourth-order valence-electron chi connectivity index (χ4n) is 1.82. The predicted molar refractivity (Wildman–Crippen MR) is 77.1 cm³/mol. The van der Waals surface area contributed by atoms with E-state index in [1.54, 1.807) is 13.3 Å². The van der Waals surface area contributed by atoms with Crippen molar-refractivity contribution in [1.29, 1.82) is 0 Å². The smallest absolute Gasteiger partial charge is 0.0896 e. The molecule has 2 rings (SSSR count). The van der Waals surface area contributed by atoms with Crippen LogP contribution in [0.4, 0.5) is 0 Å². The van der Waals surface area contributed by atoms with Crippen LogP contribution in [0.25, 0.3) is 0 Å². The maximum Gasteiger partial charge on any atom is 0.0896 e. The molecule has 0 aromatic carbocycles. The normalized spacial score (nSPS) is 13.9. The molecule has 20 heavy (non-hydrogen) atoms. The zero-order valence-corrected chi connectivity index (χ0v) is 12.1. The summed E-state index contributed by atoms with van der Waals surface area (Å²) in [7, 11) is 1.69. The van der Waals surface area contributed by atoms with E-state index in [1.807, 2.05) is 50.5 Å². The zero-order valence-electron chi connectivity index (χ0n) is 12.1. The first-order valence-corrected chi connectivity index (χ1v) is 6.70. The topological polar surface area (TPSA) is 44.2 Å². The molecule has 2 atom stereocenters. The van der Waals surface area contributed by atoms with Crippen molar-refractivity contribution in [2.45, 2.75) is 32.7 Å². The summed E-state index contributed by atoms with van der Waals surface area (Å²) in [6.07, 6.45) is 5.48. The van der Waals surface area contributed by atoms with Gasteiger partial charge in [-0.2, -0.15) is 0 Å². The quantitative estimate of drug-likeness (QED) is 0.807. The summed E-state index contributed by atoms with van der Waals surface area (Å²) in [5, 5.41) is 0. The van der Waals surface area contributed by atoms with Gasteiger partial charge < -0.3 is 9.47 Å². The second-order valence-corrected chi connectivity index (χ2v) is 4.70. The van der Waals surface area contributed by atoms with Crippen LogP contribution in [-0.4, -0.2) is 17.1 Å². The number of aromatic nitrogens is 2. The van der Waals surface area contributed by atoms with Crippen LogP contribution in [0.1, 0.15) is 42.9 Å². The third-order valence-electron chi connectivity index (χ3n) is 3.31. The highest BCUT2D eigenvalue weighted by Crippen LogP contribution is 2.18. The summed E-state index contributed by atoms with van der Waals surface area (Å²) in [4.78, 5) is 8.48. The Bertz CT molecular complexity index is 514. The SMILES string of the molecule is COC(C)c1ccc(CO[C@@H](C)c2cccnc2)nc1. The van der Waals surface area contributed by atoms with E-state index in [0.717, 1.165) is 16.8 Å². The number of hydrogen-bond donors (Lipinski definition) is 0. The van der Waals surface area contributed by atoms with Crippen molar-refractivity contribution in [3.8, 4) is 0 Å². The molecule has 1 unspecified atom stereocenters. The highest BCUT2D eigenvalue weighted by atomic mass is 16.5. The average molecular weight is 272 g/mol. The summed E-state index contributed by atoms with van der Waals surface area (Å²) in [6, 6.07) is 7.91. The largest absolute Gasteiger partial charge is 0.377 e. The van der Waals surface area contributed by atoms with Crippen LogP contribution < -0.4 is 0 Å². The second kappa shape index (κ2) is 7.12. The van der Waals surface area contributed by atoms with Crippen molar-refractivity contribution in [2.75, 3.05) is 7.11 Å². The monoisotopic (exact) mass is 272 g/mol. The van der Waals surface area contributed by atoms with Crippen LogP contribution in [0, 0.1) is 0 Å². The molecule has 0 fully saturated rings. The van der Waals surface area contributed by atoms with Gasteiger partial charge in [-0.3, -0.25) is 9.97 Å². The third-order valence-corrected chi connectivity index (χ3v) is 3.31. The fraction of sp³-hybridized carbons (Fsp3) is 0.375. The Kier molecular flexibility index (Phi) is 5.21. The molecule has 0 N–H and O–H groups in total. The molecule has 0 spiro atoms. The molecular formula is C16H20N2O2. The number of nitrogens with zero attached hydrogens (tertiary/aromatic N) is 2. The molecule has 0 aliphatic rings. The van der Waals surface area contributed by atoms with E-state index < -0.39 is 0 Å². The summed E-state index contributed by atoms with van der Waals surface area (Å²) in [5.74, 6) is 0. The van der Waals surface area contributed by atoms with Crippen LogP contribution in [0.3, 0.4) is 0 Å². The van der Waals surface area contributed by atoms with Crippen molar-refractivity contribution < 1.29 is 9.47 Å². The van der Waals surface area contributed by atoms with E-state index in [9.17, 15) is 0 Å². The van der Waals surface area contributed by atoms with Gasteiger partial charge in [-0.05, 0) is 37.1 Å². The van der Waals surface area contributed by atoms with Crippen molar-refractivity contribution in [3.05, 3.63) is 59.7 Å². The predicted octanol–water partition coefficient (Wildman–Crippen LogP) is 3.46. The van der Waals surface area contributed by atoms with Crippen LogP contribution in [-0.2, 0) is 16.1 Å². The van der Waals surface area contributed by atoms with Crippen LogP contribution >= 0.6 is 0 Å². The molecule has 0 aliphatic carbocycles. The highest BCUT2D eigenvalue weighted by molar-refractivity contribution is 5.16. The Morgan fingerprint density at radius 2 is 1.85 bits per heavy atom. The Hall–Kier alpha value is -1.78. The second-order valence-electron chi connectivity index (χ2n) is 4.70. The van der Waals surface area contributed by atoms with Gasteiger partial charge in [-0.25, -0.2) is 0 Å². The molecule has 2 aromatic heterocycles. The van der Waals surface area contributed by atoms with Crippen LogP contribution in [0.5, 0.6) is 0 Å². The molecular weight excluding hydrogens is 252 g/mol. The molecule has 106 valence electrons. The Morgan fingerprint density at radius 3 is 2.45 bits per heavy atom. The summed E-state index contributed by atoms with van der Waals surface area (Å²) >= 11 is 0. The standard InChI is InChI=1S/C16H20N2O2/c1-12(19-3)15-6-7-16(18-10-15)11-20-13(2)14-5-4-8-17-9-14/h4-10,12-13H,11H2,1-3H3/t12?,13-/m0/s1. The van der Waals surface area contributed by atoms with Crippen molar-refractivity contribution >= 4 is 0 Å². The lowest BCUT2D eigenvalue weighted by Gasteiger charge is -2.13. The molecule has 2 aromatic rings. The first-order chi connectivity index (χ1) is 9.70. The maximum atomic E-state index is 5.81. The first-order valence-electron chi connectivity index (χ1n) is 6.70. The fourth-order valence-corrected chi connectivity index (χ4v) is 1.82. The molecule has 2 heterocycles. The lowest BCUT2D eigenvalue weighted by Crippen LogP contribution is -2.03. The molecule has 0 saturated carbocycles. The zero-order chi connectivity index (χ0) is 14.4. The molecule has 0 bridgehead atoms. The minimum absolute atomic E-state index is 0.00285. The Labute approximate surface area is 119 Å². The van der Waals surface area contributed by atoms with Crippen molar-refractivity contribution in [1.82, 2.24) is 9.97 Å². The van der Waals surface area contributed by atoms with Gasteiger partial charge in [-0.15, -0.1) is 0 Å². The van der Waals surface area contributed by atoms with Gasteiger partial charge in [0.05, 0.1) is 24.5 Å². The van der Waals surface area contributed by atoms with Crippen molar-refractivity contribution in [3.63, 3.8) is 0 Å². The van der Waals surface area contributed by atoms with Crippen molar-refractivity contribution in [2.24, 2.45) is 0 Å². The third kappa shape index (κ3) is 3.85. The van der Waals surface area contributed by atoms with Gasteiger partial charge in [0.15, 0.2) is 0 Å². The van der Waals surface area contributed by atoms with E-state index >= 15 is 0 Å². The maximum absolute atomic E-state index is 5.81. The molecule has 0 saturated heterocycles. The average Bonchev–Trinajstić information content (AvgIpc) is 2.53. The van der Waals surface area contributed by atoms with Gasteiger partial charge in [0, 0.05) is 25.7 Å². The number of rotatable bonds is 6. The van der Waals surface area contributed by atoms with Gasteiger partial charge in [0.1, 0.15) is 0 Å². The number of methoxy groups -OCH3 is 1. The number of ether oxygens (including phenoxy) is 2. The molecule has 0 radical (unpaired) electrons. The van der Waals surface area contributed by atoms with E-state index in [4.69, 9.17) is 9.47 Å². The van der Waals surface area contributed by atoms with E-state index in [0.29, 0.717) is 6.61 Å². The summed E-state index contributed by atoms with van der Waals surface area (Å²) in [6.45, 7) is 4.49. The van der Waals surface area contributed by atoms with E-state index in [1.165, 1.54) is 0 Å².